The third-order valence-electron chi connectivity index (χ3n) is 4.43. The molecule has 0 radical (unpaired) electrons. The zero-order valence-corrected chi connectivity index (χ0v) is 12.9. The highest BCUT2D eigenvalue weighted by Gasteiger charge is 2.17. The van der Waals surface area contributed by atoms with Crippen molar-refractivity contribution < 1.29 is 8.78 Å². The van der Waals surface area contributed by atoms with E-state index in [0.29, 0.717) is 0 Å². The van der Waals surface area contributed by atoms with Gasteiger partial charge in [0.2, 0.25) is 0 Å². The van der Waals surface area contributed by atoms with Crippen LogP contribution in [0.1, 0.15) is 44.1 Å². The van der Waals surface area contributed by atoms with Crippen molar-refractivity contribution in [3.63, 3.8) is 0 Å². The van der Waals surface area contributed by atoms with Crippen molar-refractivity contribution in [3.05, 3.63) is 35.4 Å². The summed E-state index contributed by atoms with van der Waals surface area (Å²) in [6.07, 6.45) is 7.69. The van der Waals surface area contributed by atoms with Gasteiger partial charge in [-0.1, -0.05) is 25.3 Å². The Balaban J connectivity index is 1.63. The summed E-state index contributed by atoms with van der Waals surface area (Å²) in [5.41, 5.74) is 0.137. The Morgan fingerprint density at radius 3 is 2.48 bits per heavy atom. The van der Waals surface area contributed by atoms with Gasteiger partial charge in [-0.3, -0.25) is 0 Å². The monoisotopic (exact) mass is 296 g/mol. The molecule has 1 N–H and O–H groups in total. The standard InChI is InChI=1S/C17H26F2N2/c1-21(14-7-3-2-4-8-14)12-6-11-20-13-15-16(18)9-5-10-17(15)19/h5,9-10,14,20H,2-4,6-8,11-13H2,1H3. The van der Waals surface area contributed by atoms with Gasteiger partial charge in [0.1, 0.15) is 11.6 Å². The van der Waals surface area contributed by atoms with Crippen molar-refractivity contribution in [2.24, 2.45) is 0 Å². The molecule has 1 fully saturated rings. The summed E-state index contributed by atoms with van der Waals surface area (Å²) < 4.78 is 26.9. The smallest absolute Gasteiger partial charge is 0.130 e. The van der Waals surface area contributed by atoms with Gasteiger partial charge in [-0.05, 0) is 51.5 Å². The zero-order chi connectivity index (χ0) is 15.1. The predicted molar refractivity (Wildman–Crippen MR) is 82.2 cm³/mol. The molecule has 0 unspecified atom stereocenters. The van der Waals surface area contributed by atoms with E-state index in [1.54, 1.807) is 0 Å². The third-order valence-corrected chi connectivity index (χ3v) is 4.43. The summed E-state index contributed by atoms with van der Waals surface area (Å²) in [6, 6.07) is 4.73. The summed E-state index contributed by atoms with van der Waals surface area (Å²) in [7, 11) is 2.19. The maximum absolute atomic E-state index is 13.4. The van der Waals surface area contributed by atoms with Gasteiger partial charge in [-0.2, -0.15) is 0 Å². The van der Waals surface area contributed by atoms with Crippen molar-refractivity contribution in [1.82, 2.24) is 10.2 Å². The van der Waals surface area contributed by atoms with Crippen molar-refractivity contribution in [2.75, 3.05) is 20.1 Å². The van der Waals surface area contributed by atoms with E-state index >= 15 is 0 Å². The molecule has 0 amide bonds. The highest BCUT2D eigenvalue weighted by molar-refractivity contribution is 5.19. The van der Waals surface area contributed by atoms with Crippen LogP contribution in [-0.2, 0) is 6.54 Å². The molecule has 1 aliphatic rings. The summed E-state index contributed by atoms with van der Waals surface area (Å²) in [4.78, 5) is 2.44. The summed E-state index contributed by atoms with van der Waals surface area (Å²) >= 11 is 0. The van der Waals surface area contributed by atoms with Gasteiger partial charge in [0, 0.05) is 18.2 Å². The van der Waals surface area contributed by atoms with Crippen molar-refractivity contribution in [3.8, 4) is 0 Å². The second kappa shape index (κ2) is 8.44. The van der Waals surface area contributed by atoms with Gasteiger partial charge < -0.3 is 10.2 Å². The van der Waals surface area contributed by atoms with Crippen LogP contribution < -0.4 is 5.32 Å². The Labute approximate surface area is 126 Å². The maximum atomic E-state index is 13.4. The average Bonchev–Trinajstić information content (AvgIpc) is 2.50. The minimum atomic E-state index is -0.471. The lowest BCUT2D eigenvalue weighted by Crippen LogP contribution is -2.35. The number of nitrogens with zero attached hydrogens (tertiary/aromatic N) is 1. The Morgan fingerprint density at radius 1 is 1.14 bits per heavy atom. The first-order valence-electron chi connectivity index (χ1n) is 8.02. The number of halogens is 2. The number of hydrogen-bond donors (Lipinski definition) is 1. The number of rotatable bonds is 7. The number of benzene rings is 1. The predicted octanol–water partition coefficient (Wildman–Crippen LogP) is 3.71. The molecule has 118 valence electrons. The molecular formula is C17H26F2N2. The Kier molecular flexibility index (Phi) is 6.58. The third kappa shape index (κ3) is 5.04. The Hall–Kier alpha value is -1.00. The normalized spacial score (nSPS) is 16.6. The van der Waals surface area contributed by atoms with Gasteiger partial charge in [0.15, 0.2) is 0 Å². The molecule has 0 bridgehead atoms. The molecule has 1 aromatic carbocycles. The topological polar surface area (TPSA) is 15.3 Å². The first-order chi connectivity index (χ1) is 10.2. The van der Waals surface area contributed by atoms with Gasteiger partial charge >= 0.3 is 0 Å². The lowest BCUT2D eigenvalue weighted by Gasteiger charge is -2.31. The van der Waals surface area contributed by atoms with E-state index in [9.17, 15) is 8.78 Å². The van der Waals surface area contributed by atoms with Crippen LogP contribution in [0.5, 0.6) is 0 Å². The fourth-order valence-electron chi connectivity index (χ4n) is 3.07. The zero-order valence-electron chi connectivity index (χ0n) is 12.9. The molecular weight excluding hydrogens is 270 g/mol. The molecule has 2 rings (SSSR count). The van der Waals surface area contributed by atoms with Crippen LogP contribution in [0.25, 0.3) is 0 Å². The van der Waals surface area contributed by atoms with Crippen molar-refractivity contribution in [1.29, 1.82) is 0 Å². The van der Waals surface area contributed by atoms with E-state index < -0.39 is 11.6 Å². The van der Waals surface area contributed by atoms with Crippen LogP contribution in [0.2, 0.25) is 0 Å². The second-order valence-electron chi connectivity index (χ2n) is 6.00. The molecule has 2 nitrogen and oxygen atoms in total. The molecule has 1 aromatic rings. The molecule has 21 heavy (non-hydrogen) atoms. The fraction of sp³-hybridized carbons (Fsp3) is 0.647. The Morgan fingerprint density at radius 2 is 1.81 bits per heavy atom. The average molecular weight is 296 g/mol. The minimum Gasteiger partial charge on any atom is -0.312 e. The van der Waals surface area contributed by atoms with E-state index in [2.05, 4.69) is 17.3 Å². The number of nitrogens with one attached hydrogen (secondary N) is 1. The van der Waals surface area contributed by atoms with Gasteiger partial charge in [-0.25, -0.2) is 8.78 Å². The van der Waals surface area contributed by atoms with Gasteiger partial charge in [-0.15, -0.1) is 0 Å². The fourth-order valence-corrected chi connectivity index (χ4v) is 3.07. The van der Waals surface area contributed by atoms with E-state index in [1.807, 2.05) is 0 Å². The van der Waals surface area contributed by atoms with Crippen molar-refractivity contribution >= 4 is 0 Å². The summed E-state index contributed by atoms with van der Waals surface area (Å²) in [6.45, 7) is 2.08. The molecule has 0 aliphatic heterocycles. The minimum absolute atomic E-state index is 0.137. The quantitative estimate of drug-likeness (QED) is 0.772. The maximum Gasteiger partial charge on any atom is 0.130 e. The van der Waals surface area contributed by atoms with Crippen LogP contribution in [0.4, 0.5) is 8.78 Å². The molecule has 1 aliphatic carbocycles. The van der Waals surface area contributed by atoms with Crippen LogP contribution in [0.3, 0.4) is 0 Å². The highest BCUT2D eigenvalue weighted by Crippen LogP contribution is 2.21. The Bertz CT molecular complexity index is 411. The summed E-state index contributed by atoms with van der Waals surface area (Å²) in [5.74, 6) is -0.941. The van der Waals surface area contributed by atoms with Crippen LogP contribution >= 0.6 is 0 Å². The summed E-state index contributed by atoms with van der Waals surface area (Å²) in [5, 5.41) is 3.13. The van der Waals surface area contributed by atoms with E-state index in [0.717, 1.165) is 25.6 Å². The number of hydrogen-bond acceptors (Lipinski definition) is 2. The molecule has 1 saturated carbocycles. The van der Waals surface area contributed by atoms with Crippen LogP contribution in [0, 0.1) is 11.6 Å². The molecule has 0 spiro atoms. The lowest BCUT2D eigenvalue weighted by atomic mass is 9.94. The molecule has 0 saturated heterocycles. The molecule has 0 atom stereocenters. The van der Waals surface area contributed by atoms with E-state index in [-0.39, 0.29) is 12.1 Å². The SMILES string of the molecule is CN(CCCNCc1c(F)cccc1F)C1CCCCC1. The van der Waals surface area contributed by atoms with E-state index in [1.165, 1.54) is 50.3 Å². The molecule has 0 heterocycles. The highest BCUT2D eigenvalue weighted by atomic mass is 19.1. The lowest BCUT2D eigenvalue weighted by molar-refractivity contribution is 0.189. The molecule has 4 heteroatoms. The van der Waals surface area contributed by atoms with E-state index in [4.69, 9.17) is 0 Å². The van der Waals surface area contributed by atoms with Crippen molar-refractivity contribution in [2.45, 2.75) is 51.1 Å². The first kappa shape index (κ1) is 16.4. The van der Waals surface area contributed by atoms with Crippen LogP contribution in [0.15, 0.2) is 18.2 Å². The van der Waals surface area contributed by atoms with Crippen LogP contribution in [-0.4, -0.2) is 31.1 Å². The first-order valence-corrected chi connectivity index (χ1v) is 8.02. The largest absolute Gasteiger partial charge is 0.312 e. The second-order valence-corrected chi connectivity index (χ2v) is 6.00. The van der Waals surface area contributed by atoms with Gasteiger partial charge in [0.25, 0.3) is 0 Å². The molecule has 0 aromatic heterocycles. The van der Waals surface area contributed by atoms with Gasteiger partial charge in [0.05, 0.1) is 0 Å².